The van der Waals surface area contributed by atoms with Gasteiger partial charge in [0.25, 0.3) is 0 Å². The average molecular weight is 435 g/mol. The molecule has 1 aromatic carbocycles. The Balaban J connectivity index is 1.52. The molecule has 1 N–H and O–H groups in total. The smallest absolute Gasteiger partial charge is 0.371 e. The molecule has 0 radical (unpaired) electrons. The Bertz CT molecular complexity index is 1020. The van der Waals surface area contributed by atoms with Crippen molar-refractivity contribution in [1.29, 1.82) is 0 Å². The summed E-state index contributed by atoms with van der Waals surface area (Å²) in [5.41, 5.74) is -0.250. The highest BCUT2D eigenvalue weighted by atomic mass is 19.4. The van der Waals surface area contributed by atoms with Gasteiger partial charge in [0.05, 0.1) is 30.0 Å². The molecule has 1 saturated heterocycles. The van der Waals surface area contributed by atoms with Crippen LogP contribution in [0.25, 0.3) is 11.3 Å². The van der Waals surface area contributed by atoms with E-state index in [0.29, 0.717) is 36.4 Å². The molecule has 2 aromatic heterocycles. The van der Waals surface area contributed by atoms with E-state index in [-0.39, 0.29) is 17.7 Å². The quantitative estimate of drug-likeness (QED) is 0.568. The summed E-state index contributed by atoms with van der Waals surface area (Å²) in [5, 5.41) is 3.98. The zero-order chi connectivity index (χ0) is 22.0. The second-order valence-corrected chi connectivity index (χ2v) is 7.50. The topological polar surface area (TPSA) is 80.1 Å². The molecule has 1 aliphatic heterocycles. The van der Waals surface area contributed by atoms with Gasteiger partial charge in [-0.15, -0.1) is 0 Å². The molecule has 3 aromatic rings. The van der Waals surface area contributed by atoms with E-state index >= 15 is 0 Å². The van der Waals surface area contributed by atoms with Crippen molar-refractivity contribution in [3.05, 3.63) is 53.6 Å². The number of aromatic amines is 1. The number of imidazole rings is 1. The first kappa shape index (κ1) is 21.5. The summed E-state index contributed by atoms with van der Waals surface area (Å²) in [6, 6.07) is 5.43. The first-order valence-corrected chi connectivity index (χ1v) is 10.3. The van der Waals surface area contributed by atoms with Gasteiger partial charge in [0, 0.05) is 12.2 Å². The Labute approximate surface area is 177 Å². The number of ether oxygens (including phenoxy) is 1. The van der Waals surface area contributed by atoms with Crippen LogP contribution in [0.2, 0.25) is 0 Å². The maximum atomic E-state index is 13.4. The third-order valence-electron chi connectivity index (χ3n) is 5.40. The van der Waals surface area contributed by atoms with Crippen molar-refractivity contribution < 1.29 is 22.4 Å². The molecule has 10 heteroatoms. The number of hydrogen-bond acceptors (Lipinski definition) is 6. The van der Waals surface area contributed by atoms with E-state index < -0.39 is 11.7 Å². The summed E-state index contributed by atoms with van der Waals surface area (Å²) in [6.45, 7) is 5.55. The highest BCUT2D eigenvalue weighted by Gasteiger charge is 2.34. The van der Waals surface area contributed by atoms with Crippen molar-refractivity contribution >= 4 is 0 Å². The third-order valence-corrected chi connectivity index (χ3v) is 5.40. The van der Waals surface area contributed by atoms with Gasteiger partial charge in [-0.05, 0) is 39.3 Å². The SMILES string of the molecule is CCO[C@H](C)c1noc(CN2CCC[C@H]2c2ncc(-c3ccccc3C(F)(F)F)[nH]2)n1. The van der Waals surface area contributed by atoms with Crippen molar-refractivity contribution in [2.24, 2.45) is 0 Å². The monoisotopic (exact) mass is 435 g/mol. The average Bonchev–Trinajstić information content (AvgIpc) is 3.48. The molecule has 1 fully saturated rings. The van der Waals surface area contributed by atoms with Crippen LogP contribution < -0.4 is 0 Å². The Morgan fingerprint density at radius 1 is 1.32 bits per heavy atom. The van der Waals surface area contributed by atoms with E-state index in [0.717, 1.165) is 25.5 Å². The number of H-pyrrole nitrogens is 1. The number of aromatic nitrogens is 4. The Kier molecular flexibility index (Phi) is 6.10. The minimum Gasteiger partial charge on any atom is -0.371 e. The Morgan fingerprint density at radius 2 is 2.13 bits per heavy atom. The minimum absolute atomic E-state index is 0.0635. The van der Waals surface area contributed by atoms with Crippen molar-refractivity contribution in [2.45, 2.75) is 51.6 Å². The number of halogens is 3. The van der Waals surface area contributed by atoms with E-state index in [1.807, 2.05) is 13.8 Å². The van der Waals surface area contributed by atoms with Gasteiger partial charge in [0.2, 0.25) is 5.89 Å². The van der Waals surface area contributed by atoms with Gasteiger partial charge in [-0.2, -0.15) is 18.2 Å². The molecule has 0 amide bonds. The number of hydrogen-bond donors (Lipinski definition) is 1. The molecule has 0 bridgehead atoms. The van der Waals surface area contributed by atoms with Crippen LogP contribution in [0.1, 0.15) is 61.9 Å². The van der Waals surface area contributed by atoms with E-state index in [2.05, 4.69) is 25.0 Å². The zero-order valence-electron chi connectivity index (χ0n) is 17.3. The molecular formula is C21H24F3N5O2. The van der Waals surface area contributed by atoms with Crippen LogP contribution >= 0.6 is 0 Å². The molecule has 1 aliphatic rings. The molecule has 166 valence electrons. The maximum absolute atomic E-state index is 13.4. The molecule has 3 heterocycles. The number of likely N-dealkylation sites (tertiary alicyclic amines) is 1. The molecule has 0 saturated carbocycles. The summed E-state index contributed by atoms with van der Waals surface area (Å²) in [4.78, 5) is 14.0. The normalized spacial score (nSPS) is 18.5. The van der Waals surface area contributed by atoms with Crippen LogP contribution in [0.15, 0.2) is 35.0 Å². The lowest BCUT2D eigenvalue weighted by Crippen LogP contribution is -2.23. The third kappa shape index (κ3) is 4.64. The number of rotatable bonds is 7. The molecule has 7 nitrogen and oxygen atoms in total. The fourth-order valence-electron chi connectivity index (χ4n) is 3.93. The van der Waals surface area contributed by atoms with Crippen LogP contribution in [0.3, 0.4) is 0 Å². The van der Waals surface area contributed by atoms with Gasteiger partial charge in [-0.1, -0.05) is 23.4 Å². The molecule has 0 unspecified atom stereocenters. The van der Waals surface area contributed by atoms with Crippen molar-refractivity contribution in [2.75, 3.05) is 13.2 Å². The fourth-order valence-corrected chi connectivity index (χ4v) is 3.93. The zero-order valence-corrected chi connectivity index (χ0v) is 17.3. The van der Waals surface area contributed by atoms with Gasteiger partial charge in [-0.3, -0.25) is 4.90 Å². The summed E-state index contributed by atoms with van der Waals surface area (Å²) < 4.78 is 51.0. The minimum atomic E-state index is -4.43. The van der Waals surface area contributed by atoms with E-state index in [9.17, 15) is 13.2 Å². The fraction of sp³-hybridized carbons (Fsp3) is 0.476. The lowest BCUT2D eigenvalue weighted by Gasteiger charge is -2.20. The number of alkyl halides is 3. The first-order chi connectivity index (χ1) is 14.9. The second-order valence-electron chi connectivity index (χ2n) is 7.50. The van der Waals surface area contributed by atoms with Gasteiger partial charge in [-0.25, -0.2) is 4.98 Å². The molecule has 2 atom stereocenters. The lowest BCUT2D eigenvalue weighted by atomic mass is 10.0. The van der Waals surface area contributed by atoms with Gasteiger partial charge < -0.3 is 14.2 Å². The van der Waals surface area contributed by atoms with Gasteiger partial charge in [0.1, 0.15) is 11.9 Å². The van der Waals surface area contributed by atoms with Crippen molar-refractivity contribution in [1.82, 2.24) is 25.0 Å². The van der Waals surface area contributed by atoms with E-state index in [1.54, 1.807) is 6.07 Å². The first-order valence-electron chi connectivity index (χ1n) is 10.3. The lowest BCUT2D eigenvalue weighted by molar-refractivity contribution is -0.137. The van der Waals surface area contributed by atoms with Gasteiger partial charge in [0.15, 0.2) is 5.82 Å². The van der Waals surface area contributed by atoms with Crippen molar-refractivity contribution in [3.8, 4) is 11.3 Å². The second kappa shape index (κ2) is 8.80. The maximum Gasteiger partial charge on any atom is 0.417 e. The number of benzene rings is 1. The van der Waals surface area contributed by atoms with Crippen molar-refractivity contribution in [3.63, 3.8) is 0 Å². The van der Waals surface area contributed by atoms with Crippen LogP contribution in [-0.2, 0) is 17.5 Å². The summed E-state index contributed by atoms with van der Waals surface area (Å²) >= 11 is 0. The van der Waals surface area contributed by atoms with Crippen LogP contribution in [-0.4, -0.2) is 38.2 Å². The summed E-state index contributed by atoms with van der Waals surface area (Å²) in [7, 11) is 0. The predicted molar refractivity (Wildman–Crippen MR) is 106 cm³/mol. The number of nitrogens with zero attached hydrogens (tertiary/aromatic N) is 4. The van der Waals surface area contributed by atoms with E-state index in [1.165, 1.54) is 18.3 Å². The Hall–Kier alpha value is -2.72. The summed E-state index contributed by atoms with van der Waals surface area (Å²) in [6.07, 6.45) is -1.45. The van der Waals surface area contributed by atoms with E-state index in [4.69, 9.17) is 9.26 Å². The molecule has 4 rings (SSSR count). The van der Waals surface area contributed by atoms with Crippen LogP contribution in [0.5, 0.6) is 0 Å². The number of nitrogens with one attached hydrogen (secondary N) is 1. The standard InChI is InChI=1S/C21H24F3N5O2/c1-3-30-13(2)19-27-18(31-28-19)12-29-10-6-9-17(29)20-25-11-16(26-20)14-7-4-5-8-15(14)21(22,23)24/h4-5,7-8,11,13,17H,3,6,9-10,12H2,1-2H3,(H,25,26)/t13-,17+/m1/s1. The highest BCUT2D eigenvalue weighted by molar-refractivity contribution is 5.64. The molecule has 31 heavy (non-hydrogen) atoms. The Morgan fingerprint density at radius 3 is 2.90 bits per heavy atom. The summed E-state index contributed by atoms with van der Waals surface area (Å²) in [5.74, 6) is 1.60. The highest BCUT2D eigenvalue weighted by Crippen LogP contribution is 2.38. The van der Waals surface area contributed by atoms with Gasteiger partial charge >= 0.3 is 6.18 Å². The predicted octanol–water partition coefficient (Wildman–Crippen LogP) is 4.91. The van der Waals surface area contributed by atoms with Crippen LogP contribution in [0.4, 0.5) is 13.2 Å². The molecular weight excluding hydrogens is 411 g/mol. The molecule has 0 spiro atoms. The molecule has 0 aliphatic carbocycles. The van der Waals surface area contributed by atoms with Crippen LogP contribution in [0, 0.1) is 0 Å². The largest absolute Gasteiger partial charge is 0.417 e.